The summed E-state index contributed by atoms with van der Waals surface area (Å²) in [5.41, 5.74) is 2.08. The van der Waals surface area contributed by atoms with Crippen LogP contribution < -0.4 is 0 Å². The molecule has 0 amide bonds. The van der Waals surface area contributed by atoms with Crippen LogP contribution in [-0.2, 0) is 10.0 Å². The first-order chi connectivity index (χ1) is 12.7. The highest BCUT2D eigenvalue weighted by atomic mass is 79.9. The number of hydrogen-bond acceptors (Lipinski definition) is 6. The Balaban J connectivity index is 1.77. The summed E-state index contributed by atoms with van der Waals surface area (Å²) in [6.07, 6.45) is 0. The van der Waals surface area contributed by atoms with Gasteiger partial charge in [-0.1, -0.05) is 28.1 Å². The molecule has 0 saturated heterocycles. The van der Waals surface area contributed by atoms with Gasteiger partial charge in [-0.3, -0.25) is 5.41 Å². The van der Waals surface area contributed by atoms with Crippen molar-refractivity contribution in [1.29, 1.82) is 5.41 Å². The summed E-state index contributed by atoms with van der Waals surface area (Å²) in [5, 5.41) is 21.1. The van der Waals surface area contributed by atoms with Gasteiger partial charge < -0.3 is 10.0 Å². The molecule has 10 heteroatoms. The van der Waals surface area contributed by atoms with Crippen molar-refractivity contribution < 1.29 is 13.5 Å². The lowest BCUT2D eigenvalue weighted by atomic mass is 10.2. The zero-order chi connectivity index (χ0) is 19.8. The van der Waals surface area contributed by atoms with Crippen LogP contribution in [0.4, 0.5) is 0 Å². The Bertz CT molecular complexity index is 997. The Hall–Kier alpha value is -1.75. The molecule has 27 heavy (non-hydrogen) atoms. The monoisotopic (exact) mass is 470 g/mol. The minimum atomic E-state index is -3.37. The lowest BCUT2D eigenvalue weighted by Crippen LogP contribution is -2.35. The number of amidine groups is 1. The van der Waals surface area contributed by atoms with E-state index in [1.807, 2.05) is 29.6 Å². The maximum absolute atomic E-state index is 11.9. The Labute approximate surface area is 170 Å². The molecule has 1 aliphatic heterocycles. The van der Waals surface area contributed by atoms with Crippen LogP contribution in [0.3, 0.4) is 0 Å². The predicted molar refractivity (Wildman–Crippen MR) is 112 cm³/mol. The molecule has 2 heterocycles. The number of hydrogen-bond donors (Lipinski definition) is 2. The third-order valence-corrected chi connectivity index (χ3v) is 7.42. The number of nitrogens with one attached hydrogen (secondary N) is 1. The molecule has 2 aromatic rings. The molecular formula is C17H19BrN4O3S2. The van der Waals surface area contributed by atoms with Crippen LogP contribution in [0.2, 0.25) is 0 Å². The summed E-state index contributed by atoms with van der Waals surface area (Å²) in [4.78, 5) is 6.10. The van der Waals surface area contributed by atoms with E-state index in [0.717, 1.165) is 20.0 Å². The van der Waals surface area contributed by atoms with Crippen LogP contribution in [0.5, 0.6) is 0 Å². The molecule has 0 fully saturated rings. The Morgan fingerprint density at radius 1 is 1.33 bits per heavy atom. The van der Waals surface area contributed by atoms with Crippen LogP contribution in [0.1, 0.15) is 5.01 Å². The van der Waals surface area contributed by atoms with Crippen LogP contribution in [0.15, 0.2) is 39.9 Å². The van der Waals surface area contributed by atoms with Crippen molar-refractivity contribution in [3.05, 3.63) is 44.9 Å². The van der Waals surface area contributed by atoms with E-state index in [-0.39, 0.29) is 30.4 Å². The second-order valence-electron chi connectivity index (χ2n) is 6.24. The van der Waals surface area contributed by atoms with E-state index in [4.69, 9.17) is 5.41 Å². The number of aliphatic hydroxyl groups excluding tert-OH is 1. The summed E-state index contributed by atoms with van der Waals surface area (Å²) in [7, 11) is -0.412. The summed E-state index contributed by atoms with van der Waals surface area (Å²) >= 11 is 4.75. The number of nitrogens with zero attached hydrogens (tertiary/aromatic N) is 3. The van der Waals surface area contributed by atoms with Gasteiger partial charge in [-0.05, 0) is 12.1 Å². The first-order valence-electron chi connectivity index (χ1n) is 8.07. The Morgan fingerprint density at radius 2 is 2.00 bits per heavy atom. The van der Waals surface area contributed by atoms with Gasteiger partial charge in [0.15, 0.2) is 0 Å². The van der Waals surface area contributed by atoms with Gasteiger partial charge in [-0.2, -0.15) is 0 Å². The van der Waals surface area contributed by atoms with Gasteiger partial charge >= 0.3 is 0 Å². The van der Waals surface area contributed by atoms with Crippen molar-refractivity contribution in [3.8, 4) is 11.3 Å². The largest absolute Gasteiger partial charge is 0.510 e. The average Bonchev–Trinajstić information content (AvgIpc) is 3.18. The molecule has 0 saturated carbocycles. The minimum Gasteiger partial charge on any atom is -0.510 e. The van der Waals surface area contributed by atoms with E-state index in [1.165, 1.54) is 25.4 Å². The zero-order valence-electron chi connectivity index (χ0n) is 14.8. The van der Waals surface area contributed by atoms with Gasteiger partial charge in [0.1, 0.15) is 16.6 Å². The third-order valence-electron chi connectivity index (χ3n) is 4.22. The maximum Gasteiger partial charge on any atom is 0.215 e. The second kappa shape index (κ2) is 7.70. The fraction of sp³-hybridized carbons (Fsp3) is 0.294. The normalized spacial score (nSPS) is 15.3. The number of aromatic nitrogens is 1. The standard InChI is InChI=1S/C17H19BrN4O3S2/c1-21(2)27(24,25)8-7-22-9-14(23)15(16(22)19)17-20-13(10-26-17)11-3-5-12(18)6-4-11/h3-6,10,19,23H,7-9H2,1-2H3. The van der Waals surface area contributed by atoms with Crippen molar-refractivity contribution in [2.45, 2.75) is 0 Å². The highest BCUT2D eigenvalue weighted by Gasteiger charge is 2.31. The Kier molecular flexibility index (Phi) is 5.71. The maximum atomic E-state index is 11.9. The summed E-state index contributed by atoms with van der Waals surface area (Å²) in [6.45, 7) is 0.252. The quantitative estimate of drug-likeness (QED) is 0.675. The Morgan fingerprint density at radius 3 is 2.63 bits per heavy atom. The first kappa shape index (κ1) is 20.0. The highest BCUT2D eigenvalue weighted by molar-refractivity contribution is 9.10. The van der Waals surface area contributed by atoms with Crippen LogP contribution in [0, 0.1) is 5.41 Å². The topological polar surface area (TPSA) is 97.6 Å². The van der Waals surface area contributed by atoms with Gasteiger partial charge in [0.2, 0.25) is 10.0 Å². The van der Waals surface area contributed by atoms with E-state index in [2.05, 4.69) is 20.9 Å². The molecule has 3 rings (SSSR count). The molecular weight excluding hydrogens is 452 g/mol. The smallest absolute Gasteiger partial charge is 0.215 e. The fourth-order valence-corrected chi connectivity index (χ4v) is 4.58. The predicted octanol–water partition coefficient (Wildman–Crippen LogP) is 3.03. The zero-order valence-corrected chi connectivity index (χ0v) is 18.0. The van der Waals surface area contributed by atoms with Gasteiger partial charge in [0.25, 0.3) is 0 Å². The third kappa shape index (κ3) is 4.23. The minimum absolute atomic E-state index is 0.0407. The molecule has 0 aliphatic carbocycles. The lowest BCUT2D eigenvalue weighted by molar-refractivity contribution is 0.356. The van der Waals surface area contributed by atoms with E-state index in [1.54, 1.807) is 4.90 Å². The fourth-order valence-electron chi connectivity index (χ4n) is 2.60. The molecule has 2 N–H and O–H groups in total. The molecule has 0 radical (unpaired) electrons. The number of benzene rings is 1. The number of halogens is 1. The summed E-state index contributed by atoms with van der Waals surface area (Å²) in [5.74, 6) is 0.0161. The van der Waals surface area contributed by atoms with Crippen molar-refractivity contribution in [1.82, 2.24) is 14.2 Å². The summed E-state index contributed by atoms with van der Waals surface area (Å²) < 4.78 is 26.0. The van der Waals surface area contributed by atoms with Crippen LogP contribution in [-0.4, -0.2) is 66.5 Å². The molecule has 0 unspecified atom stereocenters. The molecule has 0 spiro atoms. The molecule has 0 bridgehead atoms. The molecule has 144 valence electrons. The van der Waals surface area contributed by atoms with Gasteiger partial charge in [0, 0.05) is 36.1 Å². The summed E-state index contributed by atoms with van der Waals surface area (Å²) in [6, 6.07) is 7.73. The average molecular weight is 471 g/mol. The number of thiazole rings is 1. The van der Waals surface area contributed by atoms with E-state index in [9.17, 15) is 13.5 Å². The molecule has 0 atom stereocenters. The van der Waals surface area contributed by atoms with Crippen molar-refractivity contribution in [3.63, 3.8) is 0 Å². The van der Waals surface area contributed by atoms with Crippen molar-refractivity contribution in [2.24, 2.45) is 0 Å². The molecule has 1 aromatic carbocycles. The van der Waals surface area contributed by atoms with Gasteiger partial charge in [-0.25, -0.2) is 17.7 Å². The molecule has 1 aromatic heterocycles. The van der Waals surface area contributed by atoms with E-state index < -0.39 is 10.0 Å². The van der Waals surface area contributed by atoms with Crippen LogP contribution >= 0.6 is 27.3 Å². The van der Waals surface area contributed by atoms with Crippen molar-refractivity contribution >= 4 is 48.7 Å². The van der Waals surface area contributed by atoms with E-state index >= 15 is 0 Å². The lowest BCUT2D eigenvalue weighted by Gasteiger charge is -2.19. The van der Waals surface area contributed by atoms with E-state index in [0.29, 0.717) is 10.6 Å². The number of sulfonamides is 1. The molecule has 7 nitrogen and oxygen atoms in total. The molecule has 1 aliphatic rings. The van der Waals surface area contributed by atoms with Crippen molar-refractivity contribution in [2.75, 3.05) is 32.9 Å². The SMILES string of the molecule is CN(C)S(=O)(=O)CCN1CC(O)=C(c2nc(-c3ccc(Br)cc3)cs2)C1=N. The highest BCUT2D eigenvalue weighted by Crippen LogP contribution is 2.32. The first-order valence-corrected chi connectivity index (χ1v) is 11.4. The van der Waals surface area contributed by atoms with Gasteiger partial charge in [-0.15, -0.1) is 11.3 Å². The number of rotatable bonds is 6. The van der Waals surface area contributed by atoms with Crippen LogP contribution in [0.25, 0.3) is 16.8 Å². The second-order valence-corrected chi connectivity index (χ2v) is 10.3. The van der Waals surface area contributed by atoms with Gasteiger partial charge in [0.05, 0.1) is 23.6 Å². The number of aliphatic hydroxyl groups is 1.